The van der Waals surface area contributed by atoms with Crippen molar-refractivity contribution in [1.29, 1.82) is 5.26 Å². The van der Waals surface area contributed by atoms with Crippen molar-refractivity contribution in [3.63, 3.8) is 0 Å². The molecule has 0 N–H and O–H groups in total. The van der Waals surface area contributed by atoms with Gasteiger partial charge in [0.05, 0.1) is 24.9 Å². The van der Waals surface area contributed by atoms with E-state index in [4.69, 9.17) is 9.47 Å². The Morgan fingerprint density at radius 3 is 2.70 bits per heavy atom. The number of esters is 1. The number of carbonyl (C=O) groups excluding carboxylic acids is 2. The summed E-state index contributed by atoms with van der Waals surface area (Å²) in [6.07, 6.45) is -0.561. The molecule has 1 aliphatic heterocycles. The number of aromatic nitrogens is 2. The van der Waals surface area contributed by atoms with Gasteiger partial charge in [0, 0.05) is 6.54 Å². The SMILES string of the molecule is CCOC(=O)c1cc2n(n1)CCN(C(=O)OC(C)(C)C)[C@@H]2C#N. The molecule has 0 spiro atoms. The predicted octanol–water partition coefficient (Wildman–Crippen LogP) is 1.88. The van der Waals surface area contributed by atoms with E-state index in [0.29, 0.717) is 12.2 Å². The lowest BCUT2D eigenvalue weighted by Crippen LogP contribution is -2.44. The fourth-order valence-electron chi connectivity index (χ4n) is 2.28. The zero-order chi connectivity index (χ0) is 17.2. The smallest absolute Gasteiger partial charge is 0.411 e. The average molecular weight is 320 g/mol. The summed E-state index contributed by atoms with van der Waals surface area (Å²) in [6.45, 7) is 7.90. The van der Waals surface area contributed by atoms with Crippen molar-refractivity contribution in [2.45, 2.75) is 45.9 Å². The van der Waals surface area contributed by atoms with Crippen LogP contribution in [0.3, 0.4) is 0 Å². The second-order valence-electron chi connectivity index (χ2n) is 6.10. The van der Waals surface area contributed by atoms with Gasteiger partial charge in [-0.15, -0.1) is 0 Å². The Bertz CT molecular complexity index is 653. The number of nitriles is 1. The number of amides is 1. The molecule has 8 nitrogen and oxygen atoms in total. The standard InChI is InChI=1S/C15H20N4O4/c1-5-22-13(20)10-8-11-12(9-16)18(6-7-19(11)17-10)14(21)23-15(2,3)4/h8,12H,5-7H2,1-4H3/t12-/m1/s1. The molecular weight excluding hydrogens is 300 g/mol. The van der Waals surface area contributed by atoms with Gasteiger partial charge in [0.2, 0.25) is 0 Å². The van der Waals surface area contributed by atoms with Crippen LogP contribution >= 0.6 is 0 Å². The summed E-state index contributed by atoms with van der Waals surface area (Å²) in [7, 11) is 0. The first kappa shape index (κ1) is 16.8. The molecule has 0 fully saturated rings. The van der Waals surface area contributed by atoms with Gasteiger partial charge in [0.25, 0.3) is 0 Å². The predicted molar refractivity (Wildman–Crippen MR) is 79.5 cm³/mol. The third-order valence-corrected chi connectivity index (χ3v) is 3.19. The zero-order valence-electron chi connectivity index (χ0n) is 13.7. The minimum atomic E-state index is -0.853. The number of hydrogen-bond acceptors (Lipinski definition) is 6. The lowest BCUT2D eigenvalue weighted by Gasteiger charge is -2.33. The van der Waals surface area contributed by atoms with Crippen LogP contribution in [0.4, 0.5) is 4.79 Å². The van der Waals surface area contributed by atoms with Crippen LogP contribution in [0.2, 0.25) is 0 Å². The lowest BCUT2D eigenvalue weighted by molar-refractivity contribution is 0.0155. The molecule has 0 saturated heterocycles. The molecule has 0 aliphatic carbocycles. The van der Waals surface area contributed by atoms with Gasteiger partial charge in [-0.05, 0) is 33.8 Å². The fraction of sp³-hybridized carbons (Fsp3) is 0.600. The van der Waals surface area contributed by atoms with Crippen LogP contribution in [0.25, 0.3) is 0 Å². The van der Waals surface area contributed by atoms with Crippen LogP contribution in [-0.4, -0.2) is 45.5 Å². The minimum absolute atomic E-state index is 0.133. The molecule has 23 heavy (non-hydrogen) atoms. The molecule has 1 aromatic heterocycles. The lowest BCUT2D eigenvalue weighted by atomic mass is 10.1. The van der Waals surface area contributed by atoms with E-state index in [2.05, 4.69) is 11.2 Å². The quantitative estimate of drug-likeness (QED) is 0.772. The highest BCUT2D eigenvalue weighted by Gasteiger charge is 2.35. The second-order valence-corrected chi connectivity index (χ2v) is 6.10. The third-order valence-electron chi connectivity index (χ3n) is 3.19. The largest absolute Gasteiger partial charge is 0.461 e. The van der Waals surface area contributed by atoms with Gasteiger partial charge in [-0.1, -0.05) is 0 Å². The van der Waals surface area contributed by atoms with Crippen molar-refractivity contribution in [2.24, 2.45) is 0 Å². The number of carbonyl (C=O) groups is 2. The van der Waals surface area contributed by atoms with Crippen molar-refractivity contribution in [1.82, 2.24) is 14.7 Å². The van der Waals surface area contributed by atoms with Gasteiger partial charge in [-0.3, -0.25) is 9.58 Å². The van der Waals surface area contributed by atoms with Crippen molar-refractivity contribution < 1.29 is 19.1 Å². The fourth-order valence-corrected chi connectivity index (χ4v) is 2.28. The summed E-state index contributed by atoms with van der Waals surface area (Å²) < 4.78 is 11.8. The molecular formula is C15H20N4O4. The number of hydrogen-bond donors (Lipinski definition) is 0. The molecule has 1 aromatic rings. The maximum Gasteiger partial charge on any atom is 0.411 e. The first-order valence-electron chi connectivity index (χ1n) is 7.41. The highest BCUT2D eigenvalue weighted by Crippen LogP contribution is 2.27. The van der Waals surface area contributed by atoms with E-state index in [-0.39, 0.29) is 18.8 Å². The monoisotopic (exact) mass is 320 g/mol. The number of ether oxygens (including phenoxy) is 2. The van der Waals surface area contributed by atoms with Crippen molar-refractivity contribution >= 4 is 12.1 Å². The molecule has 0 bridgehead atoms. The van der Waals surface area contributed by atoms with Gasteiger partial charge in [0.1, 0.15) is 5.60 Å². The minimum Gasteiger partial charge on any atom is -0.461 e. The highest BCUT2D eigenvalue weighted by molar-refractivity contribution is 5.87. The van der Waals surface area contributed by atoms with E-state index in [1.54, 1.807) is 32.4 Å². The van der Waals surface area contributed by atoms with E-state index in [1.807, 2.05) is 0 Å². The van der Waals surface area contributed by atoms with Gasteiger partial charge >= 0.3 is 12.1 Å². The molecule has 0 aromatic carbocycles. The van der Waals surface area contributed by atoms with Crippen LogP contribution in [0.15, 0.2) is 6.07 Å². The zero-order valence-corrected chi connectivity index (χ0v) is 13.7. The summed E-state index contributed by atoms with van der Waals surface area (Å²) in [5, 5.41) is 13.6. The van der Waals surface area contributed by atoms with E-state index in [1.165, 1.54) is 11.0 Å². The van der Waals surface area contributed by atoms with E-state index >= 15 is 0 Å². The number of fused-ring (bicyclic) bond motifs is 1. The molecule has 0 unspecified atom stereocenters. The Hall–Kier alpha value is -2.56. The normalized spacial score (nSPS) is 17.2. The van der Waals surface area contributed by atoms with Gasteiger partial charge < -0.3 is 9.47 Å². The molecule has 124 valence electrons. The molecule has 8 heteroatoms. The second kappa shape index (κ2) is 6.28. The van der Waals surface area contributed by atoms with Crippen LogP contribution in [0.1, 0.15) is 49.9 Å². The van der Waals surface area contributed by atoms with E-state index in [9.17, 15) is 14.9 Å². The van der Waals surface area contributed by atoms with E-state index in [0.717, 1.165) is 0 Å². The van der Waals surface area contributed by atoms with E-state index < -0.39 is 23.7 Å². The van der Waals surface area contributed by atoms with Crippen LogP contribution in [0, 0.1) is 11.3 Å². The third kappa shape index (κ3) is 3.62. The molecule has 2 rings (SSSR count). The Kier molecular flexibility index (Phi) is 4.59. The Morgan fingerprint density at radius 2 is 2.13 bits per heavy atom. The molecule has 1 aliphatic rings. The maximum absolute atomic E-state index is 12.3. The van der Waals surface area contributed by atoms with Crippen molar-refractivity contribution in [3.05, 3.63) is 17.5 Å². The topological polar surface area (TPSA) is 97.5 Å². The molecule has 1 amide bonds. The highest BCUT2D eigenvalue weighted by atomic mass is 16.6. The summed E-state index contributed by atoms with van der Waals surface area (Å²) >= 11 is 0. The first-order chi connectivity index (χ1) is 10.8. The Labute approximate surface area is 134 Å². The van der Waals surface area contributed by atoms with Crippen molar-refractivity contribution in [2.75, 3.05) is 13.2 Å². The Morgan fingerprint density at radius 1 is 1.43 bits per heavy atom. The maximum atomic E-state index is 12.3. The molecule has 0 saturated carbocycles. The summed E-state index contributed by atoms with van der Waals surface area (Å²) in [5.74, 6) is -0.546. The number of nitrogens with zero attached hydrogens (tertiary/aromatic N) is 4. The van der Waals surface area contributed by atoms with Gasteiger partial charge in [0.15, 0.2) is 11.7 Å². The van der Waals surface area contributed by atoms with Gasteiger partial charge in [-0.25, -0.2) is 9.59 Å². The van der Waals surface area contributed by atoms with Crippen LogP contribution in [-0.2, 0) is 16.0 Å². The molecule has 1 atom stereocenters. The Balaban J connectivity index is 2.26. The number of rotatable bonds is 2. The summed E-state index contributed by atoms with van der Waals surface area (Å²) in [6, 6.07) is 2.71. The molecule has 2 heterocycles. The van der Waals surface area contributed by atoms with Crippen molar-refractivity contribution in [3.8, 4) is 6.07 Å². The summed E-state index contributed by atoms with van der Waals surface area (Å²) in [5.41, 5.74) is -0.0361. The van der Waals surface area contributed by atoms with Crippen LogP contribution < -0.4 is 0 Å². The van der Waals surface area contributed by atoms with Crippen LogP contribution in [0.5, 0.6) is 0 Å². The molecule has 0 radical (unpaired) electrons. The average Bonchev–Trinajstić information content (AvgIpc) is 2.88. The van der Waals surface area contributed by atoms with Gasteiger partial charge in [-0.2, -0.15) is 10.4 Å². The first-order valence-corrected chi connectivity index (χ1v) is 7.41. The summed E-state index contributed by atoms with van der Waals surface area (Å²) in [4.78, 5) is 25.4.